The number of hydrogen-bond donors (Lipinski definition) is 1. The maximum atomic E-state index is 12.4. The van der Waals surface area contributed by atoms with Crippen LogP contribution in [0.3, 0.4) is 0 Å². The van der Waals surface area contributed by atoms with Crippen molar-refractivity contribution in [2.45, 2.75) is 44.9 Å². The highest BCUT2D eigenvalue weighted by molar-refractivity contribution is 5.94. The fourth-order valence-electron chi connectivity index (χ4n) is 5.11. The summed E-state index contributed by atoms with van der Waals surface area (Å²) in [6.45, 7) is 1.41. The van der Waals surface area contributed by atoms with Gasteiger partial charge in [0.15, 0.2) is 5.78 Å². The Labute approximate surface area is 259 Å². The quantitative estimate of drug-likeness (QED) is 0.153. The molecule has 0 saturated heterocycles. The van der Waals surface area contributed by atoms with Gasteiger partial charge in [-0.1, -0.05) is 121 Å². The molecule has 0 saturated carbocycles. The number of imidazole rings is 2. The van der Waals surface area contributed by atoms with Gasteiger partial charge in [0.25, 0.3) is 0 Å². The summed E-state index contributed by atoms with van der Waals surface area (Å²) in [7, 11) is 0. The molecular weight excluding hydrogens is 544 g/mol. The lowest BCUT2D eigenvalue weighted by molar-refractivity contribution is 0.0974. The summed E-state index contributed by atoms with van der Waals surface area (Å²) in [5.41, 5.74) is 6.36. The summed E-state index contributed by atoms with van der Waals surface area (Å²) in [5.74, 6) is 0.136. The van der Waals surface area contributed by atoms with Crippen LogP contribution in [0.2, 0.25) is 0 Å². The number of benzene rings is 4. The zero-order valence-corrected chi connectivity index (χ0v) is 24.8. The van der Waals surface area contributed by atoms with Crippen LogP contribution in [-0.2, 0) is 25.9 Å². The van der Waals surface area contributed by atoms with E-state index < -0.39 is 6.10 Å². The third-order valence-corrected chi connectivity index (χ3v) is 7.51. The number of carbonyl (C=O) groups excluding carboxylic acids is 1. The van der Waals surface area contributed by atoms with Crippen LogP contribution < -0.4 is 0 Å². The third kappa shape index (κ3) is 8.96. The number of Topliss-reactive ketones (excluding diaryl/α,β-unsaturated/α-hetero) is 1. The van der Waals surface area contributed by atoms with Crippen LogP contribution in [0, 0.1) is 0 Å². The van der Waals surface area contributed by atoms with Crippen molar-refractivity contribution in [1.82, 2.24) is 19.1 Å². The van der Waals surface area contributed by atoms with E-state index in [2.05, 4.69) is 58.5 Å². The maximum absolute atomic E-state index is 12.4. The Bertz CT molecular complexity index is 1680. The predicted octanol–water partition coefficient (Wildman–Crippen LogP) is 7.34. The molecule has 2 heterocycles. The van der Waals surface area contributed by atoms with Gasteiger partial charge in [0, 0.05) is 19.5 Å². The molecule has 1 N–H and O–H groups in total. The Morgan fingerprint density at radius 3 is 1.61 bits per heavy atom. The van der Waals surface area contributed by atoms with Crippen LogP contribution in [0.25, 0.3) is 0 Å². The first-order chi connectivity index (χ1) is 21.7. The van der Waals surface area contributed by atoms with E-state index >= 15 is 0 Å². The van der Waals surface area contributed by atoms with Gasteiger partial charge in [-0.3, -0.25) is 4.79 Å². The second-order valence-electron chi connectivity index (χ2n) is 10.8. The molecule has 6 nitrogen and oxygen atoms in total. The second-order valence-corrected chi connectivity index (χ2v) is 10.8. The van der Waals surface area contributed by atoms with E-state index in [9.17, 15) is 9.90 Å². The number of aliphatic hydroxyl groups excluding tert-OH is 1. The minimum Gasteiger partial charge on any atom is -0.387 e. The first-order valence-electron chi connectivity index (χ1n) is 15.0. The van der Waals surface area contributed by atoms with Gasteiger partial charge in [-0.05, 0) is 41.5 Å². The number of aliphatic hydroxyl groups is 1. The molecule has 0 aliphatic carbocycles. The molecule has 6 heteroatoms. The molecule has 44 heavy (non-hydrogen) atoms. The Morgan fingerprint density at radius 2 is 1.05 bits per heavy atom. The molecule has 0 bridgehead atoms. The highest BCUT2D eigenvalue weighted by atomic mass is 16.3. The number of ketones is 1. The van der Waals surface area contributed by atoms with E-state index in [0.717, 1.165) is 30.6 Å². The molecule has 0 amide bonds. The Balaban J connectivity index is 0.000000175. The summed E-state index contributed by atoms with van der Waals surface area (Å²) in [6, 6.07) is 40.7. The zero-order valence-electron chi connectivity index (χ0n) is 24.8. The number of aryl methyl sites for hydroxylation is 2. The van der Waals surface area contributed by atoms with Crippen molar-refractivity contribution in [2.75, 3.05) is 0 Å². The molecule has 4 aromatic carbocycles. The van der Waals surface area contributed by atoms with Crippen molar-refractivity contribution in [3.63, 3.8) is 0 Å². The van der Waals surface area contributed by atoms with Crippen molar-refractivity contribution in [1.29, 1.82) is 0 Å². The smallest absolute Gasteiger partial charge is 0.181 e. The van der Waals surface area contributed by atoms with Crippen LogP contribution >= 0.6 is 0 Å². The number of carbonyl (C=O) groups is 1. The van der Waals surface area contributed by atoms with Gasteiger partial charge in [-0.25, -0.2) is 9.97 Å². The van der Waals surface area contributed by atoms with Gasteiger partial charge in [-0.15, -0.1) is 0 Å². The van der Waals surface area contributed by atoms with Crippen LogP contribution in [0.4, 0.5) is 0 Å². The summed E-state index contributed by atoms with van der Waals surface area (Å²) in [4.78, 5) is 20.8. The fraction of sp³-hybridized carbons (Fsp3) is 0.184. The average Bonchev–Trinajstić information content (AvgIpc) is 3.75. The van der Waals surface area contributed by atoms with E-state index in [4.69, 9.17) is 0 Å². The molecule has 0 aliphatic rings. The van der Waals surface area contributed by atoms with Gasteiger partial charge in [0.2, 0.25) is 0 Å². The predicted molar refractivity (Wildman–Crippen MR) is 174 cm³/mol. The summed E-state index contributed by atoms with van der Waals surface area (Å²) >= 11 is 0. The molecule has 6 rings (SSSR count). The van der Waals surface area contributed by atoms with E-state index in [1.807, 2.05) is 81.9 Å². The number of hydrogen-bond acceptors (Lipinski definition) is 4. The average molecular weight is 583 g/mol. The molecule has 0 spiro atoms. The summed E-state index contributed by atoms with van der Waals surface area (Å²) < 4.78 is 3.94. The minimum absolute atomic E-state index is 0.136. The number of nitrogens with zero attached hydrogens (tertiary/aromatic N) is 4. The number of rotatable bonds is 12. The Kier molecular flexibility index (Phi) is 11.0. The van der Waals surface area contributed by atoms with E-state index in [1.54, 1.807) is 25.0 Å². The molecule has 0 aliphatic heterocycles. The van der Waals surface area contributed by atoms with Gasteiger partial charge < -0.3 is 14.2 Å². The van der Waals surface area contributed by atoms with Crippen molar-refractivity contribution < 1.29 is 9.90 Å². The standard InChI is InChI=1S/C19H20N2O.C19H18N2O/c2*22-19(12-11-16-7-3-1-4-8-16)18-13-20-15-21(18)14-17-9-5-2-6-10-17/h1-10,13,15,19,22H,11-12,14H2;1-10,13,15H,11-12,14H2. The lowest BCUT2D eigenvalue weighted by Gasteiger charge is -2.14. The highest BCUT2D eigenvalue weighted by Gasteiger charge is 2.14. The Morgan fingerprint density at radius 1 is 0.591 bits per heavy atom. The molecule has 1 unspecified atom stereocenters. The fourth-order valence-corrected chi connectivity index (χ4v) is 5.11. The zero-order chi connectivity index (χ0) is 30.4. The Hall–Kier alpha value is -5.07. The van der Waals surface area contributed by atoms with Crippen molar-refractivity contribution >= 4 is 5.78 Å². The summed E-state index contributed by atoms with van der Waals surface area (Å²) in [6.07, 6.45) is 9.27. The monoisotopic (exact) mass is 582 g/mol. The van der Waals surface area contributed by atoms with Crippen molar-refractivity contribution in [3.05, 3.63) is 180 Å². The molecule has 222 valence electrons. The first-order valence-corrected chi connectivity index (χ1v) is 15.0. The van der Waals surface area contributed by atoms with Crippen LogP contribution in [-0.4, -0.2) is 30.0 Å². The number of aromatic nitrogens is 4. The maximum Gasteiger partial charge on any atom is 0.181 e. The van der Waals surface area contributed by atoms with Crippen LogP contribution in [0.15, 0.2) is 146 Å². The van der Waals surface area contributed by atoms with E-state index in [1.165, 1.54) is 16.7 Å². The highest BCUT2D eigenvalue weighted by Crippen LogP contribution is 2.20. The van der Waals surface area contributed by atoms with Gasteiger partial charge in [-0.2, -0.15) is 0 Å². The van der Waals surface area contributed by atoms with Crippen molar-refractivity contribution in [2.24, 2.45) is 0 Å². The molecule has 1 atom stereocenters. The van der Waals surface area contributed by atoms with E-state index in [0.29, 0.717) is 25.1 Å². The normalized spacial score (nSPS) is 11.4. The molecule has 0 radical (unpaired) electrons. The molecule has 2 aromatic heterocycles. The largest absolute Gasteiger partial charge is 0.387 e. The van der Waals surface area contributed by atoms with Crippen molar-refractivity contribution in [3.8, 4) is 0 Å². The SMILES string of the molecule is O=C(CCc1ccccc1)c1cncn1Cc1ccccc1.OC(CCc1ccccc1)c1cncn1Cc1ccccc1. The molecule has 0 fully saturated rings. The lowest BCUT2D eigenvalue weighted by Crippen LogP contribution is -2.10. The van der Waals surface area contributed by atoms with Crippen LogP contribution in [0.1, 0.15) is 57.4 Å². The van der Waals surface area contributed by atoms with E-state index in [-0.39, 0.29) is 5.78 Å². The van der Waals surface area contributed by atoms with Crippen LogP contribution in [0.5, 0.6) is 0 Å². The van der Waals surface area contributed by atoms with Gasteiger partial charge >= 0.3 is 0 Å². The van der Waals surface area contributed by atoms with Gasteiger partial charge in [0.1, 0.15) is 5.69 Å². The lowest BCUT2D eigenvalue weighted by atomic mass is 10.1. The summed E-state index contributed by atoms with van der Waals surface area (Å²) in [5, 5.41) is 10.5. The van der Waals surface area contributed by atoms with Gasteiger partial charge in [0.05, 0.1) is 36.8 Å². The minimum atomic E-state index is -0.494. The second kappa shape index (κ2) is 16.0. The first kappa shape index (κ1) is 30.4. The molecule has 6 aromatic rings. The topological polar surface area (TPSA) is 72.9 Å². The molecular formula is C38H38N4O2. The third-order valence-electron chi connectivity index (χ3n) is 7.51.